The molecule has 1 aromatic heterocycles. The van der Waals surface area contributed by atoms with Crippen molar-refractivity contribution in [1.82, 2.24) is 15.2 Å². The number of rotatable bonds is 4. The first-order valence-electron chi connectivity index (χ1n) is 8.38. The molecule has 2 saturated heterocycles. The molecular formula is C17H28N4. The van der Waals surface area contributed by atoms with Crippen molar-refractivity contribution in [2.24, 2.45) is 5.92 Å². The summed E-state index contributed by atoms with van der Waals surface area (Å²) in [6.45, 7) is 7.75. The number of hydrogen-bond donors (Lipinski definition) is 1. The number of aromatic nitrogens is 1. The second-order valence-corrected chi connectivity index (χ2v) is 6.47. The molecule has 1 aromatic rings. The number of anilines is 1. The summed E-state index contributed by atoms with van der Waals surface area (Å²) in [5.41, 5.74) is 2.72. The van der Waals surface area contributed by atoms with Crippen molar-refractivity contribution >= 4 is 5.69 Å². The molecule has 0 amide bonds. The highest BCUT2D eigenvalue weighted by Gasteiger charge is 2.34. The van der Waals surface area contributed by atoms with E-state index in [1.165, 1.54) is 43.6 Å². The minimum absolute atomic E-state index is 0.795. The lowest BCUT2D eigenvalue weighted by molar-refractivity contribution is 0.102. The van der Waals surface area contributed by atoms with Gasteiger partial charge in [0.05, 0.1) is 11.9 Å². The average Bonchev–Trinajstić information content (AvgIpc) is 2.53. The van der Waals surface area contributed by atoms with Crippen molar-refractivity contribution in [3.05, 3.63) is 24.0 Å². The van der Waals surface area contributed by atoms with Gasteiger partial charge in [-0.1, -0.05) is 6.92 Å². The zero-order valence-electron chi connectivity index (χ0n) is 13.4. The van der Waals surface area contributed by atoms with E-state index in [0.29, 0.717) is 0 Å². The molecule has 2 aliphatic rings. The Hall–Kier alpha value is -1.13. The minimum Gasteiger partial charge on any atom is -0.370 e. The maximum Gasteiger partial charge on any atom is 0.0598 e. The van der Waals surface area contributed by atoms with Crippen molar-refractivity contribution in [1.29, 1.82) is 0 Å². The van der Waals surface area contributed by atoms with Gasteiger partial charge >= 0.3 is 0 Å². The third-order valence-corrected chi connectivity index (χ3v) is 5.14. The molecule has 116 valence electrons. The third kappa shape index (κ3) is 3.22. The Morgan fingerprint density at radius 3 is 3.10 bits per heavy atom. The molecule has 4 nitrogen and oxygen atoms in total. The maximum absolute atomic E-state index is 4.37. The van der Waals surface area contributed by atoms with E-state index in [0.717, 1.165) is 31.6 Å². The first kappa shape index (κ1) is 14.8. The van der Waals surface area contributed by atoms with Crippen LogP contribution in [0, 0.1) is 5.92 Å². The SMILES string of the molecule is CCNCc1ccncc1N1CCC2C(CCCN2C)C1. The van der Waals surface area contributed by atoms with Crippen LogP contribution in [0.5, 0.6) is 0 Å². The predicted molar refractivity (Wildman–Crippen MR) is 87.6 cm³/mol. The fourth-order valence-corrected chi connectivity index (χ4v) is 3.98. The van der Waals surface area contributed by atoms with Gasteiger partial charge in [0.1, 0.15) is 0 Å². The van der Waals surface area contributed by atoms with E-state index in [1.54, 1.807) is 0 Å². The van der Waals surface area contributed by atoms with Gasteiger partial charge in [0.25, 0.3) is 0 Å². The van der Waals surface area contributed by atoms with Crippen LogP contribution in [0.3, 0.4) is 0 Å². The van der Waals surface area contributed by atoms with Gasteiger partial charge in [0, 0.05) is 31.9 Å². The Morgan fingerprint density at radius 2 is 2.24 bits per heavy atom. The topological polar surface area (TPSA) is 31.4 Å². The average molecular weight is 288 g/mol. The van der Waals surface area contributed by atoms with Crippen molar-refractivity contribution in [2.75, 3.05) is 38.1 Å². The van der Waals surface area contributed by atoms with Crippen LogP contribution in [0.25, 0.3) is 0 Å². The molecule has 1 N–H and O–H groups in total. The second-order valence-electron chi connectivity index (χ2n) is 6.47. The van der Waals surface area contributed by atoms with Gasteiger partial charge in [-0.05, 0) is 56.9 Å². The smallest absolute Gasteiger partial charge is 0.0598 e. The lowest BCUT2D eigenvalue weighted by atomic mass is 9.84. The van der Waals surface area contributed by atoms with E-state index >= 15 is 0 Å². The molecule has 0 aromatic carbocycles. The summed E-state index contributed by atoms with van der Waals surface area (Å²) in [7, 11) is 2.30. The van der Waals surface area contributed by atoms with Gasteiger partial charge in [-0.15, -0.1) is 0 Å². The van der Waals surface area contributed by atoms with Crippen molar-refractivity contribution in [3.63, 3.8) is 0 Å². The predicted octanol–water partition coefficient (Wildman–Crippen LogP) is 2.11. The number of fused-ring (bicyclic) bond motifs is 1. The molecule has 3 rings (SSSR count). The van der Waals surface area contributed by atoms with Crippen LogP contribution in [0.15, 0.2) is 18.5 Å². The zero-order valence-corrected chi connectivity index (χ0v) is 13.4. The summed E-state index contributed by atoms with van der Waals surface area (Å²) in [5, 5.41) is 3.44. The van der Waals surface area contributed by atoms with Crippen LogP contribution < -0.4 is 10.2 Å². The molecule has 21 heavy (non-hydrogen) atoms. The molecule has 3 heterocycles. The zero-order chi connectivity index (χ0) is 14.7. The first-order valence-corrected chi connectivity index (χ1v) is 8.38. The van der Waals surface area contributed by atoms with Gasteiger partial charge in [0.2, 0.25) is 0 Å². The molecule has 0 bridgehead atoms. The van der Waals surface area contributed by atoms with Crippen molar-refractivity contribution < 1.29 is 0 Å². The number of likely N-dealkylation sites (tertiary alicyclic amines) is 1. The molecular weight excluding hydrogens is 260 g/mol. The van der Waals surface area contributed by atoms with E-state index in [9.17, 15) is 0 Å². The van der Waals surface area contributed by atoms with Gasteiger partial charge in [-0.25, -0.2) is 0 Å². The summed E-state index contributed by atoms with van der Waals surface area (Å²) < 4.78 is 0. The molecule has 0 saturated carbocycles. The molecule has 2 unspecified atom stereocenters. The lowest BCUT2D eigenvalue weighted by Gasteiger charge is -2.46. The van der Waals surface area contributed by atoms with E-state index in [1.807, 2.05) is 6.20 Å². The Morgan fingerprint density at radius 1 is 1.33 bits per heavy atom. The summed E-state index contributed by atoms with van der Waals surface area (Å²) in [5.74, 6) is 0.824. The quantitative estimate of drug-likeness (QED) is 0.919. The van der Waals surface area contributed by atoms with Gasteiger partial charge in [-0.3, -0.25) is 4.98 Å². The van der Waals surface area contributed by atoms with E-state index in [-0.39, 0.29) is 0 Å². The Labute approximate surface area is 128 Å². The van der Waals surface area contributed by atoms with Crippen molar-refractivity contribution in [3.8, 4) is 0 Å². The van der Waals surface area contributed by atoms with Crippen LogP contribution >= 0.6 is 0 Å². The van der Waals surface area contributed by atoms with Crippen molar-refractivity contribution in [2.45, 2.75) is 38.8 Å². The highest BCUT2D eigenvalue weighted by Crippen LogP contribution is 2.32. The summed E-state index contributed by atoms with van der Waals surface area (Å²) >= 11 is 0. The minimum atomic E-state index is 0.795. The van der Waals surface area contributed by atoms with E-state index in [2.05, 4.69) is 46.3 Å². The molecule has 2 fully saturated rings. The summed E-state index contributed by atoms with van der Waals surface area (Å²) in [6, 6.07) is 2.96. The Kier molecular flexibility index (Phi) is 4.76. The standard InChI is InChI=1S/C17H28N4/c1-3-18-11-14-6-8-19-12-17(14)21-10-7-16-15(13-21)5-4-9-20(16)2/h6,8,12,15-16,18H,3-5,7,9-11,13H2,1-2H3. The number of hydrogen-bond acceptors (Lipinski definition) is 4. The van der Waals surface area contributed by atoms with Gasteiger partial charge < -0.3 is 15.1 Å². The normalized spacial score (nSPS) is 26.7. The molecule has 4 heteroatoms. The Bertz CT molecular complexity index is 462. The molecule has 0 spiro atoms. The number of pyridine rings is 1. The van der Waals surface area contributed by atoms with Crippen LogP contribution in [-0.2, 0) is 6.54 Å². The van der Waals surface area contributed by atoms with Gasteiger partial charge in [-0.2, -0.15) is 0 Å². The molecule has 2 atom stereocenters. The highest BCUT2D eigenvalue weighted by atomic mass is 15.2. The van der Waals surface area contributed by atoms with Crippen LogP contribution in [0.2, 0.25) is 0 Å². The van der Waals surface area contributed by atoms with E-state index in [4.69, 9.17) is 0 Å². The van der Waals surface area contributed by atoms with Gasteiger partial charge in [0.15, 0.2) is 0 Å². The molecule has 0 radical (unpaired) electrons. The number of nitrogens with zero attached hydrogens (tertiary/aromatic N) is 3. The largest absolute Gasteiger partial charge is 0.370 e. The lowest BCUT2D eigenvalue weighted by Crippen LogP contribution is -2.53. The third-order valence-electron chi connectivity index (χ3n) is 5.14. The fourth-order valence-electron chi connectivity index (χ4n) is 3.98. The summed E-state index contributed by atoms with van der Waals surface area (Å²) in [6.07, 6.45) is 7.99. The fraction of sp³-hybridized carbons (Fsp3) is 0.706. The van der Waals surface area contributed by atoms with Crippen LogP contribution in [0.1, 0.15) is 31.7 Å². The van der Waals surface area contributed by atoms with Crippen LogP contribution in [0.4, 0.5) is 5.69 Å². The second kappa shape index (κ2) is 6.75. The molecule has 2 aliphatic heterocycles. The first-order chi connectivity index (χ1) is 10.3. The maximum atomic E-state index is 4.37. The summed E-state index contributed by atoms with van der Waals surface area (Å²) in [4.78, 5) is 9.51. The monoisotopic (exact) mass is 288 g/mol. The number of piperidine rings is 2. The van der Waals surface area contributed by atoms with Crippen LogP contribution in [-0.4, -0.2) is 49.2 Å². The van der Waals surface area contributed by atoms with E-state index < -0.39 is 0 Å². The molecule has 0 aliphatic carbocycles. The number of nitrogens with one attached hydrogen (secondary N) is 1. The Balaban J connectivity index is 1.73. The highest BCUT2D eigenvalue weighted by molar-refractivity contribution is 5.52.